The van der Waals surface area contributed by atoms with Gasteiger partial charge in [-0.2, -0.15) is 0 Å². The van der Waals surface area contributed by atoms with Crippen molar-refractivity contribution in [3.05, 3.63) is 59.2 Å². The van der Waals surface area contributed by atoms with Crippen LogP contribution in [0.1, 0.15) is 47.2 Å². The van der Waals surface area contributed by atoms with E-state index in [2.05, 4.69) is 19.1 Å². The summed E-state index contributed by atoms with van der Waals surface area (Å²) in [5, 5.41) is 0. The fourth-order valence-electron chi connectivity index (χ4n) is 4.45. The molecule has 0 N–H and O–H groups in total. The van der Waals surface area contributed by atoms with E-state index in [0.717, 1.165) is 24.3 Å². The number of methoxy groups -OCH3 is 1. The molecule has 6 nitrogen and oxygen atoms in total. The lowest BCUT2D eigenvalue weighted by atomic mass is 9.84. The standard InChI is InChI=1S/C24H24O6/c1-3-4-14-5-10-19(26-2)23-22(14)17-8-7-16(12-20(17)30-23)29-24(25)15-6-9-18-21(11-15)28-13-27-18/h5-11,16-17,20H,3-4,12-13H2,1-2H3. The third-order valence-electron chi connectivity index (χ3n) is 5.86. The number of hydrogen-bond donors (Lipinski definition) is 0. The van der Waals surface area contributed by atoms with Crippen molar-refractivity contribution < 1.29 is 28.5 Å². The van der Waals surface area contributed by atoms with Gasteiger partial charge >= 0.3 is 5.97 Å². The Morgan fingerprint density at radius 1 is 1.13 bits per heavy atom. The highest BCUT2D eigenvalue weighted by Gasteiger charge is 2.40. The molecular formula is C24H24O6. The molecule has 1 aliphatic carbocycles. The van der Waals surface area contributed by atoms with Gasteiger partial charge in [-0.3, -0.25) is 0 Å². The van der Waals surface area contributed by atoms with E-state index in [1.807, 2.05) is 12.1 Å². The molecular weight excluding hydrogens is 384 g/mol. The first kappa shape index (κ1) is 18.9. The zero-order chi connectivity index (χ0) is 20.7. The molecule has 156 valence electrons. The third kappa shape index (κ3) is 3.16. The van der Waals surface area contributed by atoms with Crippen LogP contribution in [-0.2, 0) is 11.2 Å². The highest BCUT2D eigenvalue weighted by molar-refractivity contribution is 5.90. The Labute approximate surface area is 175 Å². The lowest BCUT2D eigenvalue weighted by Gasteiger charge is -2.26. The van der Waals surface area contributed by atoms with Gasteiger partial charge in [-0.05, 0) is 42.3 Å². The Hall–Kier alpha value is -3.15. The van der Waals surface area contributed by atoms with Gasteiger partial charge in [0.05, 0.1) is 12.7 Å². The smallest absolute Gasteiger partial charge is 0.338 e. The molecule has 2 aromatic carbocycles. The van der Waals surface area contributed by atoms with Crippen molar-refractivity contribution in [1.29, 1.82) is 0 Å². The van der Waals surface area contributed by atoms with E-state index in [0.29, 0.717) is 23.5 Å². The normalized spacial score (nSPS) is 22.8. The van der Waals surface area contributed by atoms with Crippen LogP contribution in [0.5, 0.6) is 23.0 Å². The maximum atomic E-state index is 12.6. The number of rotatable bonds is 5. The van der Waals surface area contributed by atoms with Gasteiger partial charge in [0.25, 0.3) is 0 Å². The number of aryl methyl sites for hydroxylation is 1. The molecule has 0 spiro atoms. The van der Waals surface area contributed by atoms with Gasteiger partial charge in [0.1, 0.15) is 12.2 Å². The van der Waals surface area contributed by atoms with Crippen LogP contribution in [0, 0.1) is 0 Å². The predicted molar refractivity (Wildman–Crippen MR) is 110 cm³/mol. The Bertz CT molecular complexity index is 1010. The quantitative estimate of drug-likeness (QED) is 0.540. The van der Waals surface area contributed by atoms with Crippen molar-refractivity contribution in [1.82, 2.24) is 0 Å². The van der Waals surface area contributed by atoms with Crippen molar-refractivity contribution in [3.63, 3.8) is 0 Å². The number of fused-ring (bicyclic) bond motifs is 4. The van der Waals surface area contributed by atoms with Crippen molar-refractivity contribution in [2.45, 2.75) is 44.3 Å². The molecule has 2 heterocycles. The summed E-state index contributed by atoms with van der Waals surface area (Å²) in [7, 11) is 1.66. The van der Waals surface area contributed by atoms with E-state index in [1.54, 1.807) is 25.3 Å². The van der Waals surface area contributed by atoms with Gasteiger partial charge in [-0.25, -0.2) is 4.79 Å². The summed E-state index contributed by atoms with van der Waals surface area (Å²) in [6.45, 7) is 2.34. The molecule has 0 bridgehead atoms. The van der Waals surface area contributed by atoms with Crippen LogP contribution in [0.15, 0.2) is 42.5 Å². The topological polar surface area (TPSA) is 63.2 Å². The van der Waals surface area contributed by atoms with Gasteiger partial charge in [0.2, 0.25) is 6.79 Å². The zero-order valence-corrected chi connectivity index (χ0v) is 17.1. The van der Waals surface area contributed by atoms with E-state index in [9.17, 15) is 4.79 Å². The summed E-state index contributed by atoms with van der Waals surface area (Å²) >= 11 is 0. The average Bonchev–Trinajstić information content (AvgIpc) is 3.38. The van der Waals surface area contributed by atoms with Gasteiger partial charge in [-0.1, -0.05) is 25.5 Å². The fraction of sp³-hybridized carbons (Fsp3) is 0.375. The van der Waals surface area contributed by atoms with Crippen LogP contribution < -0.4 is 18.9 Å². The second kappa shape index (κ2) is 7.59. The minimum atomic E-state index is -0.388. The molecule has 2 aromatic rings. The maximum absolute atomic E-state index is 12.6. The number of benzene rings is 2. The fourth-order valence-corrected chi connectivity index (χ4v) is 4.45. The molecule has 3 unspecified atom stereocenters. The van der Waals surface area contributed by atoms with E-state index < -0.39 is 0 Å². The van der Waals surface area contributed by atoms with Gasteiger partial charge in [0.15, 0.2) is 23.0 Å². The minimum absolute atomic E-state index is 0.0774. The van der Waals surface area contributed by atoms with Crippen LogP contribution in [0.4, 0.5) is 0 Å². The van der Waals surface area contributed by atoms with E-state index in [4.69, 9.17) is 23.7 Å². The monoisotopic (exact) mass is 408 g/mol. The molecule has 2 aliphatic heterocycles. The first-order valence-corrected chi connectivity index (χ1v) is 10.3. The highest BCUT2D eigenvalue weighted by atomic mass is 16.7. The van der Waals surface area contributed by atoms with Crippen molar-refractivity contribution in [3.8, 4) is 23.0 Å². The predicted octanol–water partition coefficient (Wildman–Crippen LogP) is 4.41. The molecule has 30 heavy (non-hydrogen) atoms. The van der Waals surface area contributed by atoms with Crippen LogP contribution in [0.2, 0.25) is 0 Å². The summed E-state index contributed by atoms with van der Waals surface area (Å²) in [6.07, 6.45) is 6.31. The molecule has 0 aromatic heterocycles. The van der Waals surface area contributed by atoms with Crippen molar-refractivity contribution in [2.75, 3.05) is 13.9 Å². The number of esters is 1. The Morgan fingerprint density at radius 3 is 2.83 bits per heavy atom. The summed E-state index contributed by atoms with van der Waals surface area (Å²) in [4.78, 5) is 12.6. The number of carbonyl (C=O) groups is 1. The molecule has 0 amide bonds. The maximum Gasteiger partial charge on any atom is 0.338 e. The molecule has 0 saturated heterocycles. The Balaban J connectivity index is 1.34. The van der Waals surface area contributed by atoms with Crippen molar-refractivity contribution in [2.24, 2.45) is 0 Å². The largest absolute Gasteiger partial charge is 0.493 e. The molecule has 6 heteroatoms. The zero-order valence-electron chi connectivity index (χ0n) is 17.1. The molecule has 0 saturated carbocycles. The molecule has 5 rings (SSSR count). The first-order valence-electron chi connectivity index (χ1n) is 10.3. The van der Waals surface area contributed by atoms with Crippen molar-refractivity contribution >= 4 is 5.97 Å². The first-order chi connectivity index (χ1) is 14.7. The molecule has 0 radical (unpaired) electrons. The summed E-state index contributed by atoms with van der Waals surface area (Å²) in [6, 6.07) is 9.18. The summed E-state index contributed by atoms with van der Waals surface area (Å²) in [5.41, 5.74) is 2.94. The second-order valence-electron chi connectivity index (χ2n) is 7.73. The Morgan fingerprint density at radius 2 is 2.00 bits per heavy atom. The van der Waals surface area contributed by atoms with Crippen LogP contribution in [0.25, 0.3) is 0 Å². The lowest BCUT2D eigenvalue weighted by Crippen LogP contribution is -2.30. The molecule has 0 fully saturated rings. The third-order valence-corrected chi connectivity index (χ3v) is 5.86. The van der Waals surface area contributed by atoms with Crippen LogP contribution in [0.3, 0.4) is 0 Å². The van der Waals surface area contributed by atoms with Gasteiger partial charge in [0, 0.05) is 17.9 Å². The Kier molecular flexibility index (Phi) is 4.77. The highest BCUT2D eigenvalue weighted by Crippen LogP contribution is 2.49. The average molecular weight is 408 g/mol. The lowest BCUT2D eigenvalue weighted by molar-refractivity contribution is 0.0281. The summed E-state index contributed by atoms with van der Waals surface area (Å²) < 4.78 is 28.2. The summed E-state index contributed by atoms with van der Waals surface area (Å²) in [5.74, 6) is 2.54. The number of carbonyl (C=O) groups excluding carboxylic acids is 1. The van der Waals surface area contributed by atoms with E-state index >= 15 is 0 Å². The molecule has 3 atom stereocenters. The number of hydrogen-bond acceptors (Lipinski definition) is 6. The van der Waals surface area contributed by atoms with E-state index in [1.165, 1.54) is 11.1 Å². The van der Waals surface area contributed by atoms with Gasteiger partial charge in [-0.15, -0.1) is 0 Å². The van der Waals surface area contributed by atoms with Crippen LogP contribution in [-0.4, -0.2) is 32.1 Å². The SMILES string of the molecule is CCCc1ccc(OC)c2c1C1C=CC(OC(=O)c3ccc4c(c3)OCO4)CC1O2. The number of ether oxygens (including phenoxy) is 5. The van der Waals surface area contributed by atoms with Crippen LogP contribution >= 0.6 is 0 Å². The van der Waals surface area contributed by atoms with Gasteiger partial charge < -0.3 is 23.7 Å². The second-order valence-corrected chi connectivity index (χ2v) is 7.73. The minimum Gasteiger partial charge on any atom is -0.493 e. The van der Waals surface area contributed by atoms with E-state index in [-0.39, 0.29) is 30.9 Å². The molecule has 3 aliphatic rings.